The summed E-state index contributed by atoms with van der Waals surface area (Å²) >= 11 is 0. The van der Waals surface area contributed by atoms with Crippen molar-refractivity contribution >= 4 is 0 Å². The fourth-order valence-electron chi connectivity index (χ4n) is 1.83. The van der Waals surface area contributed by atoms with E-state index in [-0.39, 0.29) is 64.6 Å². The zero-order valence-corrected chi connectivity index (χ0v) is 18.0. The summed E-state index contributed by atoms with van der Waals surface area (Å²) in [4.78, 5) is 0. The predicted octanol–water partition coefficient (Wildman–Crippen LogP) is 2.57. The van der Waals surface area contributed by atoms with Gasteiger partial charge < -0.3 is 16.9 Å². The van der Waals surface area contributed by atoms with E-state index in [0.717, 1.165) is 24.0 Å². The average molecular weight is 361 g/mol. The molecule has 2 aromatic carbocycles. The van der Waals surface area contributed by atoms with Gasteiger partial charge in [-0.3, -0.25) is 0 Å². The normalized spacial score (nSPS) is 9.04. The second-order valence-electron chi connectivity index (χ2n) is 4.60. The largest absolute Gasteiger partial charge is 1.00 e. The molecule has 24 heavy (non-hydrogen) atoms. The number of halogens is 2. The summed E-state index contributed by atoms with van der Waals surface area (Å²) in [6.45, 7) is 2.92. The third-order valence-electron chi connectivity index (χ3n) is 2.83. The van der Waals surface area contributed by atoms with E-state index in [9.17, 15) is 8.78 Å². The van der Waals surface area contributed by atoms with Gasteiger partial charge in [-0.05, 0) is 24.1 Å². The van der Waals surface area contributed by atoms with Crippen LogP contribution in [0.25, 0.3) is 0 Å². The maximum Gasteiger partial charge on any atom is 1.00 e. The van der Waals surface area contributed by atoms with Crippen molar-refractivity contribution in [2.45, 2.75) is 26.4 Å². The number of alkyl halides is 2. The van der Waals surface area contributed by atoms with Gasteiger partial charge >= 0.3 is 58.0 Å². The van der Waals surface area contributed by atoms with E-state index in [4.69, 9.17) is 4.74 Å². The molecule has 0 radical (unpaired) electrons. The Labute approximate surface area is 187 Å². The second-order valence-corrected chi connectivity index (χ2v) is 4.60. The minimum absolute atomic E-state index is 0. The fraction of sp³-hybridized carbons (Fsp3) is 0.263. The first kappa shape index (κ1) is 25.6. The van der Waals surface area contributed by atoms with Crippen LogP contribution in [-0.2, 0) is 6.42 Å². The molecule has 0 atom stereocenters. The summed E-state index contributed by atoms with van der Waals surface area (Å²) in [7, 11) is 1.42. The molecule has 5 heteroatoms. The Kier molecular flexibility index (Phi) is 15.7. The first-order valence-electron chi connectivity index (χ1n) is 7.05. The minimum Gasteiger partial charge on any atom is -0.493 e. The molecule has 0 saturated heterocycles. The number of methoxy groups -OCH3 is 1. The van der Waals surface area contributed by atoms with Crippen LogP contribution in [0.15, 0.2) is 48.5 Å². The van der Waals surface area contributed by atoms with Gasteiger partial charge in [0.2, 0.25) is 0 Å². The monoisotopic (exact) mass is 361 g/mol. The number of rotatable bonds is 5. The Morgan fingerprint density at radius 3 is 2.08 bits per heavy atom. The maximum atomic E-state index is 12.1. The van der Waals surface area contributed by atoms with Gasteiger partial charge in [-0.25, -0.2) is 0 Å². The maximum absolute atomic E-state index is 12.1. The molecular weight excluding hydrogens is 337 g/mol. The molecule has 0 N–H and O–H groups in total. The number of aryl methyl sites for hydroxylation is 1. The Morgan fingerprint density at radius 2 is 1.67 bits per heavy atom. The molecule has 0 unspecified atom stereocenters. The van der Waals surface area contributed by atoms with Crippen LogP contribution in [0, 0.1) is 14.4 Å². The summed E-state index contributed by atoms with van der Waals surface area (Å²) in [5, 5.41) is 0. The topological polar surface area (TPSA) is 18.5 Å². The van der Waals surface area contributed by atoms with E-state index >= 15 is 0 Å². The van der Waals surface area contributed by atoms with Gasteiger partial charge in [0, 0.05) is 0 Å². The van der Waals surface area contributed by atoms with Gasteiger partial charge in [0.25, 0.3) is 0 Å². The van der Waals surface area contributed by atoms with E-state index in [1.165, 1.54) is 7.11 Å². The first-order chi connectivity index (χ1) is 10.6. The quantitative estimate of drug-likeness (QED) is 0.602. The molecule has 128 valence electrons. The molecule has 0 bridgehead atoms. The van der Waals surface area contributed by atoms with Crippen molar-refractivity contribution < 1.29 is 69.6 Å². The van der Waals surface area contributed by atoms with E-state index in [1.807, 2.05) is 43.3 Å². The van der Waals surface area contributed by atoms with Crippen LogP contribution in [-0.4, -0.2) is 13.7 Å². The van der Waals surface area contributed by atoms with Gasteiger partial charge in [-0.1, -0.05) is 25.5 Å². The van der Waals surface area contributed by atoms with Crippen molar-refractivity contribution in [1.82, 2.24) is 0 Å². The number of hydrogen-bond acceptors (Lipinski definition) is 2. The number of benzene rings is 2. The van der Waals surface area contributed by atoms with Gasteiger partial charge in [0.15, 0.2) is 11.5 Å². The van der Waals surface area contributed by atoms with Crippen molar-refractivity contribution in [2.24, 2.45) is 0 Å². The molecule has 0 fully saturated rings. The summed E-state index contributed by atoms with van der Waals surface area (Å²) < 4.78 is 33.4. The fourth-order valence-corrected chi connectivity index (χ4v) is 1.83. The third-order valence-corrected chi connectivity index (χ3v) is 2.83. The summed E-state index contributed by atoms with van der Waals surface area (Å²) in [6, 6.07) is 15.0. The first-order valence-corrected chi connectivity index (χ1v) is 7.05. The molecule has 0 saturated carbocycles. The standard InChI is InChI=1S/C11H14F2O2.C7H7.CH3.K/c1-3-4-8-5-6-9(14-2)10(7-8)15-11(12)13;1-7-5-3-2-4-6-7;;/h5-7,11H,3-4H2,1-2H3;2-6H,1H2;1H3;/q;2*-1;+1. The minimum atomic E-state index is -2.82. The molecule has 0 spiro atoms. The Morgan fingerprint density at radius 1 is 1.04 bits per heavy atom. The SMILES string of the molecule is CCCc1ccc(OC)c(OC(F)F)c1.[CH2-]c1ccccc1.[CH3-].[K+]. The van der Waals surface area contributed by atoms with E-state index in [1.54, 1.807) is 12.1 Å². The van der Waals surface area contributed by atoms with E-state index in [0.29, 0.717) is 5.75 Å². The molecule has 0 amide bonds. The zero-order valence-electron chi connectivity index (χ0n) is 14.9. The molecular formula is C19H24F2KO2-. The molecule has 2 nitrogen and oxygen atoms in total. The molecule has 0 aliphatic rings. The van der Waals surface area contributed by atoms with Crippen molar-refractivity contribution in [3.05, 3.63) is 74.0 Å². The summed E-state index contributed by atoms with van der Waals surface area (Å²) in [5.41, 5.74) is 2.04. The summed E-state index contributed by atoms with van der Waals surface area (Å²) in [5.74, 6) is 0.425. The van der Waals surface area contributed by atoms with Crippen molar-refractivity contribution in [2.75, 3.05) is 7.11 Å². The Bertz CT molecular complexity index is 548. The number of hydrogen-bond donors (Lipinski definition) is 0. The molecule has 0 aliphatic heterocycles. The Balaban J connectivity index is 0. The van der Waals surface area contributed by atoms with Crippen molar-refractivity contribution in [1.29, 1.82) is 0 Å². The van der Waals surface area contributed by atoms with Crippen LogP contribution in [0.3, 0.4) is 0 Å². The van der Waals surface area contributed by atoms with Crippen LogP contribution in [0.2, 0.25) is 0 Å². The van der Waals surface area contributed by atoms with E-state index in [2.05, 4.69) is 11.7 Å². The zero-order chi connectivity index (χ0) is 16.4. The molecule has 2 rings (SSSR count). The summed E-state index contributed by atoms with van der Waals surface area (Å²) in [6.07, 6.45) is 1.80. The van der Waals surface area contributed by atoms with Gasteiger partial charge in [0.1, 0.15) is 0 Å². The van der Waals surface area contributed by atoms with Crippen LogP contribution < -0.4 is 60.9 Å². The molecule has 0 aliphatic carbocycles. The van der Waals surface area contributed by atoms with Crippen LogP contribution in [0.1, 0.15) is 24.5 Å². The van der Waals surface area contributed by atoms with E-state index < -0.39 is 6.61 Å². The average Bonchev–Trinajstić information content (AvgIpc) is 2.49. The predicted molar refractivity (Wildman–Crippen MR) is 90.9 cm³/mol. The van der Waals surface area contributed by atoms with Gasteiger partial charge in [-0.15, -0.1) is 12.1 Å². The van der Waals surface area contributed by atoms with Gasteiger partial charge in [-0.2, -0.15) is 33.4 Å². The van der Waals surface area contributed by atoms with Crippen molar-refractivity contribution in [3.8, 4) is 11.5 Å². The Hall–Kier alpha value is -0.594. The molecule has 2 aromatic rings. The van der Waals surface area contributed by atoms with Crippen LogP contribution in [0.4, 0.5) is 8.78 Å². The van der Waals surface area contributed by atoms with Crippen molar-refractivity contribution in [3.63, 3.8) is 0 Å². The third kappa shape index (κ3) is 10.3. The molecule has 0 aromatic heterocycles. The van der Waals surface area contributed by atoms with Crippen LogP contribution >= 0.6 is 0 Å². The van der Waals surface area contributed by atoms with Gasteiger partial charge in [0.05, 0.1) is 7.11 Å². The number of ether oxygens (including phenoxy) is 2. The smallest absolute Gasteiger partial charge is 0.493 e. The molecule has 0 heterocycles. The second kappa shape index (κ2) is 14.7. The van der Waals surface area contributed by atoms with Crippen LogP contribution in [0.5, 0.6) is 11.5 Å².